The van der Waals surface area contributed by atoms with Crippen molar-refractivity contribution in [1.29, 1.82) is 0 Å². The molecule has 1 unspecified atom stereocenters. The second-order valence-electron chi connectivity index (χ2n) is 6.79. The first-order valence-electron chi connectivity index (χ1n) is 8.05. The minimum Gasteiger partial charge on any atom is -0.496 e. The number of rotatable bonds is 5. The van der Waals surface area contributed by atoms with Gasteiger partial charge in [0.1, 0.15) is 5.75 Å². The molecule has 0 spiro atoms. The quantitative estimate of drug-likeness (QED) is 0.872. The van der Waals surface area contributed by atoms with Gasteiger partial charge in [-0.2, -0.15) is 0 Å². The minimum atomic E-state index is -0.549. The average Bonchev–Trinajstić information content (AvgIpc) is 2.54. The van der Waals surface area contributed by atoms with Crippen LogP contribution in [0.4, 0.5) is 0 Å². The molecule has 0 aliphatic heterocycles. The molecule has 1 atom stereocenters. The number of methoxy groups -OCH3 is 1. The maximum atomic E-state index is 11.0. The molecule has 1 aliphatic rings. The standard InChI is InChI=1S/C18H29NO2/c1-13(2)14-8-10-18(12-19,11-9-14)17(20)15-6-4-5-7-16(15)21-3/h4-7,13-14,17,20H,8-12,19H2,1-3H3. The van der Waals surface area contributed by atoms with Gasteiger partial charge in [-0.1, -0.05) is 32.0 Å². The Balaban J connectivity index is 2.21. The molecule has 118 valence electrons. The van der Waals surface area contributed by atoms with Gasteiger partial charge in [-0.05, 0) is 43.6 Å². The van der Waals surface area contributed by atoms with Crippen molar-refractivity contribution in [3.8, 4) is 5.75 Å². The Kier molecular flexibility index (Phi) is 5.28. The van der Waals surface area contributed by atoms with Crippen LogP contribution in [0.2, 0.25) is 0 Å². The van der Waals surface area contributed by atoms with Crippen LogP contribution in [0.1, 0.15) is 51.2 Å². The first kappa shape index (κ1) is 16.3. The predicted octanol–water partition coefficient (Wildman–Crippen LogP) is 3.52. The van der Waals surface area contributed by atoms with Gasteiger partial charge in [0.05, 0.1) is 13.2 Å². The molecule has 3 N–H and O–H groups in total. The maximum Gasteiger partial charge on any atom is 0.124 e. The predicted molar refractivity (Wildman–Crippen MR) is 86.2 cm³/mol. The van der Waals surface area contributed by atoms with Gasteiger partial charge in [-0.15, -0.1) is 0 Å². The third kappa shape index (κ3) is 3.24. The first-order chi connectivity index (χ1) is 10.0. The summed E-state index contributed by atoms with van der Waals surface area (Å²) in [7, 11) is 1.65. The zero-order valence-corrected chi connectivity index (χ0v) is 13.5. The van der Waals surface area contributed by atoms with Gasteiger partial charge in [-0.25, -0.2) is 0 Å². The molecule has 1 aliphatic carbocycles. The van der Waals surface area contributed by atoms with Gasteiger partial charge in [-0.3, -0.25) is 0 Å². The highest BCUT2D eigenvalue weighted by molar-refractivity contribution is 5.36. The van der Waals surface area contributed by atoms with Crippen LogP contribution < -0.4 is 10.5 Å². The van der Waals surface area contributed by atoms with E-state index in [1.54, 1.807) is 7.11 Å². The highest BCUT2D eigenvalue weighted by Crippen LogP contribution is 2.49. The molecule has 3 nitrogen and oxygen atoms in total. The van der Waals surface area contributed by atoms with Crippen molar-refractivity contribution in [3.63, 3.8) is 0 Å². The zero-order valence-electron chi connectivity index (χ0n) is 13.5. The van der Waals surface area contributed by atoms with E-state index in [1.165, 1.54) is 0 Å². The number of aliphatic hydroxyl groups excluding tert-OH is 1. The van der Waals surface area contributed by atoms with Crippen LogP contribution in [-0.2, 0) is 0 Å². The molecule has 0 amide bonds. The molecule has 0 aromatic heterocycles. The highest BCUT2D eigenvalue weighted by atomic mass is 16.5. The van der Waals surface area contributed by atoms with Crippen molar-refractivity contribution in [2.24, 2.45) is 23.0 Å². The fourth-order valence-corrected chi connectivity index (χ4v) is 3.69. The van der Waals surface area contributed by atoms with Crippen LogP contribution in [0.25, 0.3) is 0 Å². The van der Waals surface area contributed by atoms with Crippen molar-refractivity contribution in [3.05, 3.63) is 29.8 Å². The number of para-hydroxylation sites is 1. The summed E-state index contributed by atoms with van der Waals surface area (Å²) in [4.78, 5) is 0. The molecule has 1 fully saturated rings. The van der Waals surface area contributed by atoms with Crippen LogP contribution in [-0.4, -0.2) is 18.8 Å². The molecule has 0 bridgehead atoms. The van der Waals surface area contributed by atoms with Crippen molar-refractivity contribution < 1.29 is 9.84 Å². The Morgan fingerprint density at radius 2 is 1.90 bits per heavy atom. The lowest BCUT2D eigenvalue weighted by Gasteiger charge is -2.44. The number of nitrogens with two attached hydrogens (primary N) is 1. The molecule has 2 rings (SSSR count). The Morgan fingerprint density at radius 3 is 2.43 bits per heavy atom. The Labute approximate surface area is 128 Å². The lowest BCUT2D eigenvalue weighted by atomic mass is 9.64. The summed E-state index contributed by atoms with van der Waals surface area (Å²) < 4.78 is 5.41. The van der Waals surface area contributed by atoms with Crippen molar-refractivity contribution in [2.45, 2.75) is 45.6 Å². The van der Waals surface area contributed by atoms with Crippen molar-refractivity contribution in [1.82, 2.24) is 0 Å². The van der Waals surface area contributed by atoms with Gasteiger partial charge < -0.3 is 15.6 Å². The second-order valence-corrected chi connectivity index (χ2v) is 6.79. The second kappa shape index (κ2) is 6.80. The van der Waals surface area contributed by atoms with Crippen LogP contribution in [0.3, 0.4) is 0 Å². The van der Waals surface area contributed by atoms with Crippen LogP contribution in [0, 0.1) is 17.3 Å². The Hall–Kier alpha value is -1.06. The van der Waals surface area contributed by atoms with Crippen molar-refractivity contribution >= 4 is 0 Å². The molecule has 1 aromatic rings. The summed E-state index contributed by atoms with van der Waals surface area (Å²) in [5.74, 6) is 2.22. The highest BCUT2D eigenvalue weighted by Gasteiger charge is 2.42. The summed E-state index contributed by atoms with van der Waals surface area (Å²) in [6.45, 7) is 5.10. The molecular weight excluding hydrogens is 262 g/mol. The topological polar surface area (TPSA) is 55.5 Å². The normalized spacial score (nSPS) is 27.6. The number of hydrogen-bond acceptors (Lipinski definition) is 3. The lowest BCUT2D eigenvalue weighted by Crippen LogP contribution is -2.41. The summed E-state index contributed by atoms with van der Waals surface area (Å²) in [6.07, 6.45) is 3.74. The SMILES string of the molecule is COc1ccccc1C(O)C1(CN)CCC(C(C)C)CC1. The van der Waals surface area contributed by atoms with E-state index in [0.717, 1.165) is 42.9 Å². The van der Waals surface area contributed by atoms with E-state index >= 15 is 0 Å². The molecule has 0 radical (unpaired) electrons. The smallest absolute Gasteiger partial charge is 0.124 e. The van der Waals surface area contributed by atoms with E-state index in [9.17, 15) is 5.11 Å². The summed E-state index contributed by atoms with van der Waals surface area (Å²) >= 11 is 0. The molecular formula is C18H29NO2. The number of hydrogen-bond donors (Lipinski definition) is 2. The molecule has 0 heterocycles. The zero-order chi connectivity index (χ0) is 15.5. The van der Waals surface area contributed by atoms with Gasteiger partial charge >= 0.3 is 0 Å². The van der Waals surface area contributed by atoms with E-state index in [1.807, 2.05) is 24.3 Å². The van der Waals surface area contributed by atoms with Gasteiger partial charge in [0, 0.05) is 17.5 Å². The Bertz CT molecular complexity index is 450. The maximum absolute atomic E-state index is 11.0. The third-order valence-corrected chi connectivity index (χ3v) is 5.39. The van der Waals surface area contributed by atoms with E-state index in [4.69, 9.17) is 10.5 Å². The van der Waals surface area contributed by atoms with Crippen LogP contribution >= 0.6 is 0 Å². The largest absolute Gasteiger partial charge is 0.496 e. The van der Waals surface area contributed by atoms with E-state index in [0.29, 0.717) is 12.5 Å². The number of benzene rings is 1. The summed E-state index contributed by atoms with van der Waals surface area (Å²) in [5, 5.41) is 11.0. The fourth-order valence-electron chi connectivity index (χ4n) is 3.69. The minimum absolute atomic E-state index is 0.208. The summed E-state index contributed by atoms with van der Waals surface area (Å²) in [5.41, 5.74) is 6.75. The van der Waals surface area contributed by atoms with Crippen LogP contribution in [0.5, 0.6) is 5.75 Å². The van der Waals surface area contributed by atoms with E-state index in [-0.39, 0.29) is 5.41 Å². The van der Waals surface area contributed by atoms with E-state index in [2.05, 4.69) is 13.8 Å². The van der Waals surface area contributed by atoms with E-state index < -0.39 is 6.10 Å². The molecule has 1 aromatic carbocycles. The summed E-state index contributed by atoms with van der Waals surface area (Å²) in [6, 6.07) is 7.74. The fraction of sp³-hybridized carbons (Fsp3) is 0.667. The number of ether oxygens (including phenoxy) is 1. The molecule has 21 heavy (non-hydrogen) atoms. The van der Waals surface area contributed by atoms with Crippen molar-refractivity contribution in [2.75, 3.05) is 13.7 Å². The lowest BCUT2D eigenvalue weighted by molar-refractivity contribution is -0.0160. The molecule has 0 saturated heterocycles. The third-order valence-electron chi connectivity index (χ3n) is 5.39. The molecule has 3 heteroatoms. The van der Waals surface area contributed by atoms with Gasteiger partial charge in [0.25, 0.3) is 0 Å². The average molecular weight is 291 g/mol. The molecule has 1 saturated carbocycles. The first-order valence-corrected chi connectivity index (χ1v) is 8.05. The van der Waals surface area contributed by atoms with Crippen LogP contribution in [0.15, 0.2) is 24.3 Å². The Morgan fingerprint density at radius 1 is 1.29 bits per heavy atom. The van der Waals surface area contributed by atoms with Gasteiger partial charge in [0.15, 0.2) is 0 Å². The number of aliphatic hydroxyl groups is 1. The monoisotopic (exact) mass is 291 g/mol. The van der Waals surface area contributed by atoms with Gasteiger partial charge in [0.2, 0.25) is 0 Å².